The van der Waals surface area contributed by atoms with Gasteiger partial charge >= 0.3 is 0 Å². The number of ether oxygens (including phenoxy) is 2. The molecular weight excluding hydrogens is 472 g/mol. The molecule has 0 amide bonds. The molecule has 4 heterocycles. The maximum Gasteiger partial charge on any atom is 0.243 e. The number of fused-ring (bicyclic) bond motifs is 1. The number of rotatable bonds is 7. The normalized spacial score (nSPS) is 21.0. The van der Waals surface area contributed by atoms with Crippen molar-refractivity contribution < 1.29 is 9.47 Å². The quantitative estimate of drug-likeness (QED) is 0.379. The van der Waals surface area contributed by atoms with Gasteiger partial charge in [0, 0.05) is 31.9 Å². The van der Waals surface area contributed by atoms with E-state index in [1.54, 1.807) is 0 Å². The van der Waals surface area contributed by atoms with Crippen molar-refractivity contribution in [2.45, 2.75) is 51.3 Å². The molecule has 0 atom stereocenters. The Hall–Kier alpha value is -3.01. The lowest BCUT2D eigenvalue weighted by Crippen LogP contribution is -2.46. The summed E-state index contributed by atoms with van der Waals surface area (Å²) in [6, 6.07) is 15.2. The molecule has 0 radical (unpaired) electrons. The minimum absolute atomic E-state index is 0.152. The van der Waals surface area contributed by atoms with E-state index in [-0.39, 0.29) is 6.10 Å². The first-order valence-corrected chi connectivity index (χ1v) is 13.6. The van der Waals surface area contributed by atoms with Gasteiger partial charge < -0.3 is 19.4 Å². The molecule has 1 aliphatic carbocycles. The van der Waals surface area contributed by atoms with Crippen molar-refractivity contribution in [1.29, 1.82) is 0 Å². The summed E-state index contributed by atoms with van der Waals surface area (Å²) in [7, 11) is 0. The Morgan fingerprint density at radius 3 is 2.61 bits per heavy atom. The number of nitrogens with zero attached hydrogens (tertiary/aromatic N) is 5. The summed E-state index contributed by atoms with van der Waals surface area (Å²) in [6.07, 6.45) is 6.59. The Bertz CT molecular complexity index is 1290. The SMILES string of the molecule is Cc1cc(Nc2nc(O[C@H]3CC[C@H](N4CCOCC4)CC3)c3c(ccn3Cc3ccccc3)n2)sn1. The molecule has 8 nitrogen and oxygen atoms in total. The van der Waals surface area contributed by atoms with Gasteiger partial charge in [0.05, 0.1) is 24.4 Å². The fourth-order valence-electron chi connectivity index (χ4n) is 5.28. The van der Waals surface area contributed by atoms with E-state index in [0.29, 0.717) is 17.9 Å². The molecular formula is C27H32N6O2S. The van der Waals surface area contributed by atoms with E-state index in [9.17, 15) is 0 Å². The second-order valence-corrected chi connectivity index (χ2v) is 10.5. The van der Waals surface area contributed by atoms with Gasteiger partial charge in [-0.15, -0.1) is 0 Å². The number of aromatic nitrogens is 4. The van der Waals surface area contributed by atoms with Crippen LogP contribution in [0.2, 0.25) is 0 Å². The van der Waals surface area contributed by atoms with Gasteiger partial charge in [-0.25, -0.2) is 4.98 Å². The number of hydrogen-bond acceptors (Lipinski definition) is 8. The Labute approximate surface area is 215 Å². The van der Waals surface area contributed by atoms with Gasteiger partial charge in [-0.1, -0.05) is 30.3 Å². The minimum atomic E-state index is 0.152. The number of aryl methyl sites for hydroxylation is 1. The molecule has 1 aromatic carbocycles. The van der Waals surface area contributed by atoms with Crippen molar-refractivity contribution >= 4 is 33.5 Å². The van der Waals surface area contributed by atoms with Gasteiger partial charge in [0.1, 0.15) is 16.6 Å². The van der Waals surface area contributed by atoms with Crippen LogP contribution in [-0.2, 0) is 11.3 Å². The lowest BCUT2D eigenvalue weighted by Gasteiger charge is -2.38. The Morgan fingerprint density at radius 2 is 1.86 bits per heavy atom. The first-order chi connectivity index (χ1) is 17.7. The van der Waals surface area contributed by atoms with Gasteiger partial charge in [-0.05, 0) is 61.8 Å². The third-order valence-electron chi connectivity index (χ3n) is 7.12. The van der Waals surface area contributed by atoms with Crippen molar-refractivity contribution in [2.24, 2.45) is 0 Å². The Morgan fingerprint density at radius 1 is 1.06 bits per heavy atom. The molecule has 9 heteroatoms. The number of benzene rings is 1. The van der Waals surface area contributed by atoms with Crippen LogP contribution in [0.5, 0.6) is 5.88 Å². The van der Waals surface area contributed by atoms with E-state index in [4.69, 9.17) is 19.4 Å². The second-order valence-electron chi connectivity index (χ2n) is 9.67. The van der Waals surface area contributed by atoms with Gasteiger partial charge in [-0.2, -0.15) is 9.36 Å². The van der Waals surface area contributed by atoms with E-state index >= 15 is 0 Å². The predicted molar refractivity (Wildman–Crippen MR) is 142 cm³/mol. The van der Waals surface area contributed by atoms with Crippen LogP contribution < -0.4 is 10.1 Å². The molecule has 36 heavy (non-hydrogen) atoms. The van der Waals surface area contributed by atoms with Crippen LogP contribution in [0, 0.1) is 6.92 Å². The maximum absolute atomic E-state index is 6.66. The number of anilines is 2. The monoisotopic (exact) mass is 504 g/mol. The highest BCUT2D eigenvalue weighted by molar-refractivity contribution is 7.10. The van der Waals surface area contributed by atoms with Crippen LogP contribution in [0.4, 0.5) is 10.9 Å². The molecule has 188 valence electrons. The summed E-state index contributed by atoms with van der Waals surface area (Å²) < 4.78 is 18.8. The number of hydrogen-bond donors (Lipinski definition) is 1. The lowest BCUT2D eigenvalue weighted by atomic mass is 9.91. The van der Waals surface area contributed by atoms with E-state index in [1.807, 2.05) is 25.1 Å². The zero-order chi connectivity index (χ0) is 24.3. The maximum atomic E-state index is 6.66. The van der Waals surface area contributed by atoms with Crippen molar-refractivity contribution in [1.82, 2.24) is 23.8 Å². The van der Waals surface area contributed by atoms with Gasteiger partial charge in [0.2, 0.25) is 11.8 Å². The highest BCUT2D eigenvalue weighted by Gasteiger charge is 2.29. The molecule has 2 aliphatic rings. The molecule has 0 bridgehead atoms. The van der Waals surface area contributed by atoms with Crippen molar-refractivity contribution in [2.75, 3.05) is 31.6 Å². The largest absolute Gasteiger partial charge is 0.473 e. The average Bonchev–Trinajstić information content (AvgIpc) is 3.51. The summed E-state index contributed by atoms with van der Waals surface area (Å²) in [5, 5.41) is 4.25. The van der Waals surface area contributed by atoms with Crippen LogP contribution in [-0.4, -0.2) is 62.3 Å². The topological polar surface area (TPSA) is 77.3 Å². The summed E-state index contributed by atoms with van der Waals surface area (Å²) in [5.74, 6) is 1.19. The zero-order valence-electron chi connectivity index (χ0n) is 20.6. The standard InChI is InChI=1S/C27H32N6O2S/c1-19-17-24(36-31-19)29-27-28-23-11-12-33(18-20-5-3-2-4-6-20)25(23)26(30-27)35-22-9-7-21(8-10-22)32-13-15-34-16-14-32/h2-6,11-12,17,21-22H,7-10,13-16,18H2,1H3,(H,28,29,30)/t21-,22-. The Balaban J connectivity index is 1.25. The molecule has 0 unspecified atom stereocenters. The van der Waals surface area contributed by atoms with Crippen molar-refractivity contribution in [3.8, 4) is 5.88 Å². The van der Waals surface area contributed by atoms with Crippen LogP contribution in [0.15, 0.2) is 48.7 Å². The summed E-state index contributed by atoms with van der Waals surface area (Å²) >= 11 is 1.41. The zero-order valence-corrected chi connectivity index (χ0v) is 21.4. The first-order valence-electron chi connectivity index (χ1n) is 12.8. The first kappa shape index (κ1) is 23.4. The second kappa shape index (κ2) is 10.5. The lowest BCUT2D eigenvalue weighted by molar-refractivity contribution is -0.00127. The van der Waals surface area contributed by atoms with Crippen LogP contribution in [0.1, 0.15) is 36.9 Å². The molecule has 0 spiro atoms. The van der Waals surface area contributed by atoms with Crippen LogP contribution >= 0.6 is 11.5 Å². The minimum Gasteiger partial charge on any atom is -0.473 e. The number of morpholine rings is 1. The highest BCUT2D eigenvalue weighted by Crippen LogP contribution is 2.32. The molecule has 3 aromatic heterocycles. The van der Waals surface area contributed by atoms with Gasteiger partial charge in [-0.3, -0.25) is 4.90 Å². The molecule has 2 fully saturated rings. The van der Waals surface area contributed by atoms with Crippen LogP contribution in [0.25, 0.3) is 11.0 Å². The molecule has 1 N–H and O–H groups in total. The summed E-state index contributed by atoms with van der Waals surface area (Å²) in [5.41, 5.74) is 4.03. The molecule has 4 aromatic rings. The van der Waals surface area contributed by atoms with Crippen molar-refractivity contribution in [3.05, 3.63) is 59.9 Å². The highest BCUT2D eigenvalue weighted by atomic mass is 32.1. The molecule has 1 saturated carbocycles. The van der Waals surface area contributed by atoms with E-state index in [1.165, 1.54) is 17.1 Å². The fraction of sp³-hybridized carbons (Fsp3) is 0.444. The van der Waals surface area contributed by atoms with Gasteiger partial charge in [0.25, 0.3) is 0 Å². The number of nitrogens with one attached hydrogen (secondary N) is 1. The molecule has 1 saturated heterocycles. The van der Waals surface area contributed by atoms with E-state index in [2.05, 4.69) is 49.6 Å². The average molecular weight is 505 g/mol. The van der Waals surface area contributed by atoms with Crippen LogP contribution in [0.3, 0.4) is 0 Å². The Kier molecular flexibility index (Phi) is 6.85. The summed E-state index contributed by atoms with van der Waals surface area (Å²) in [4.78, 5) is 12.3. The predicted octanol–water partition coefficient (Wildman–Crippen LogP) is 5.01. The molecule has 1 aliphatic heterocycles. The van der Waals surface area contributed by atoms with Crippen molar-refractivity contribution in [3.63, 3.8) is 0 Å². The van der Waals surface area contributed by atoms with Gasteiger partial charge in [0.15, 0.2) is 0 Å². The third-order valence-corrected chi connectivity index (χ3v) is 7.92. The third kappa shape index (κ3) is 5.23. The fourth-order valence-corrected chi connectivity index (χ4v) is 5.94. The van der Waals surface area contributed by atoms with E-state index < -0.39 is 0 Å². The smallest absolute Gasteiger partial charge is 0.243 e. The molecule has 6 rings (SSSR count). The van der Waals surface area contributed by atoms with E-state index in [0.717, 1.165) is 80.3 Å². The summed E-state index contributed by atoms with van der Waals surface area (Å²) in [6.45, 7) is 6.51.